The van der Waals surface area contributed by atoms with E-state index < -0.39 is 0 Å². The SMILES string of the molecule is O=C(Nc1cccc(-c2nnco2)c1)C1CSCCN1. The maximum absolute atomic E-state index is 12.1. The van der Waals surface area contributed by atoms with Gasteiger partial charge < -0.3 is 15.1 Å². The molecule has 1 aliphatic heterocycles. The number of carbonyl (C=O) groups is 1. The first-order valence-corrected chi connectivity index (χ1v) is 7.47. The first kappa shape index (κ1) is 13.1. The molecule has 2 aromatic rings. The van der Waals surface area contributed by atoms with Crippen molar-refractivity contribution in [2.45, 2.75) is 6.04 Å². The van der Waals surface area contributed by atoms with Crippen molar-refractivity contribution in [3.63, 3.8) is 0 Å². The number of benzene rings is 1. The zero-order valence-electron chi connectivity index (χ0n) is 10.7. The molecule has 1 unspecified atom stereocenters. The van der Waals surface area contributed by atoms with Gasteiger partial charge in [-0.25, -0.2) is 0 Å². The van der Waals surface area contributed by atoms with Crippen LogP contribution in [0.3, 0.4) is 0 Å². The van der Waals surface area contributed by atoms with E-state index in [2.05, 4.69) is 20.8 Å². The predicted octanol–water partition coefficient (Wildman–Crippen LogP) is 1.38. The van der Waals surface area contributed by atoms with Crippen molar-refractivity contribution in [3.05, 3.63) is 30.7 Å². The van der Waals surface area contributed by atoms with E-state index in [1.165, 1.54) is 6.39 Å². The number of anilines is 1. The molecule has 0 saturated carbocycles. The maximum Gasteiger partial charge on any atom is 0.247 e. The molecule has 1 aromatic heterocycles. The molecule has 6 nitrogen and oxygen atoms in total. The van der Waals surface area contributed by atoms with Crippen LogP contribution in [0.1, 0.15) is 0 Å². The van der Waals surface area contributed by atoms with Crippen LogP contribution in [0.2, 0.25) is 0 Å². The van der Waals surface area contributed by atoms with Crippen LogP contribution in [0.5, 0.6) is 0 Å². The van der Waals surface area contributed by atoms with E-state index in [1.54, 1.807) is 11.8 Å². The molecule has 7 heteroatoms. The highest BCUT2D eigenvalue weighted by Gasteiger charge is 2.20. The van der Waals surface area contributed by atoms with E-state index in [4.69, 9.17) is 4.42 Å². The summed E-state index contributed by atoms with van der Waals surface area (Å²) in [5.74, 6) is 2.28. The summed E-state index contributed by atoms with van der Waals surface area (Å²) in [4.78, 5) is 12.1. The fourth-order valence-corrected chi connectivity index (χ4v) is 2.93. The highest BCUT2D eigenvalue weighted by molar-refractivity contribution is 7.99. The van der Waals surface area contributed by atoms with E-state index in [9.17, 15) is 4.79 Å². The van der Waals surface area contributed by atoms with E-state index >= 15 is 0 Å². The highest BCUT2D eigenvalue weighted by atomic mass is 32.2. The summed E-state index contributed by atoms with van der Waals surface area (Å²) < 4.78 is 5.15. The largest absolute Gasteiger partial charge is 0.423 e. The van der Waals surface area contributed by atoms with E-state index in [0.717, 1.165) is 29.3 Å². The first-order valence-electron chi connectivity index (χ1n) is 6.31. The number of rotatable bonds is 3. The smallest absolute Gasteiger partial charge is 0.247 e. The third kappa shape index (κ3) is 3.00. The van der Waals surface area contributed by atoms with Crippen LogP contribution in [0.25, 0.3) is 11.5 Å². The number of nitrogens with zero attached hydrogens (tertiary/aromatic N) is 2. The first-order chi connectivity index (χ1) is 9.83. The van der Waals surface area contributed by atoms with Gasteiger partial charge >= 0.3 is 0 Å². The second kappa shape index (κ2) is 6.06. The van der Waals surface area contributed by atoms with Crippen molar-refractivity contribution in [3.8, 4) is 11.5 Å². The lowest BCUT2D eigenvalue weighted by Gasteiger charge is -2.22. The van der Waals surface area contributed by atoms with E-state index in [-0.39, 0.29) is 11.9 Å². The zero-order valence-corrected chi connectivity index (χ0v) is 11.5. The molecular weight excluding hydrogens is 276 g/mol. The molecule has 0 radical (unpaired) electrons. The minimum absolute atomic E-state index is 0.0140. The Bertz CT molecular complexity index is 582. The topological polar surface area (TPSA) is 80.1 Å². The van der Waals surface area contributed by atoms with Crippen molar-refractivity contribution in [2.75, 3.05) is 23.4 Å². The molecule has 0 spiro atoms. The van der Waals surface area contributed by atoms with Gasteiger partial charge in [0.15, 0.2) is 0 Å². The Morgan fingerprint density at radius 1 is 1.50 bits per heavy atom. The van der Waals surface area contributed by atoms with Crippen LogP contribution in [0.4, 0.5) is 5.69 Å². The number of carbonyl (C=O) groups excluding carboxylic acids is 1. The van der Waals surface area contributed by atoms with Gasteiger partial charge in [-0.3, -0.25) is 4.79 Å². The van der Waals surface area contributed by atoms with Crippen molar-refractivity contribution < 1.29 is 9.21 Å². The lowest BCUT2D eigenvalue weighted by Crippen LogP contribution is -2.46. The van der Waals surface area contributed by atoms with Crippen molar-refractivity contribution in [1.82, 2.24) is 15.5 Å². The average molecular weight is 290 g/mol. The minimum Gasteiger partial charge on any atom is -0.423 e. The molecular formula is C13H14N4O2S. The maximum atomic E-state index is 12.1. The monoisotopic (exact) mass is 290 g/mol. The number of hydrogen-bond donors (Lipinski definition) is 2. The number of nitrogens with one attached hydrogen (secondary N) is 2. The molecule has 1 amide bonds. The summed E-state index contributed by atoms with van der Waals surface area (Å²) in [6, 6.07) is 7.23. The Morgan fingerprint density at radius 2 is 2.45 bits per heavy atom. The van der Waals surface area contributed by atoms with Gasteiger partial charge in [0.25, 0.3) is 0 Å². The predicted molar refractivity (Wildman–Crippen MR) is 77.5 cm³/mol. The summed E-state index contributed by atoms with van der Waals surface area (Å²) in [6.07, 6.45) is 1.28. The minimum atomic E-state index is -0.138. The lowest BCUT2D eigenvalue weighted by molar-refractivity contribution is -0.117. The van der Waals surface area contributed by atoms with Gasteiger partial charge in [0.1, 0.15) is 0 Å². The number of hydrogen-bond acceptors (Lipinski definition) is 6. The second-order valence-electron chi connectivity index (χ2n) is 4.40. The molecule has 1 saturated heterocycles. The molecule has 1 atom stereocenters. The Labute approximate surface area is 120 Å². The molecule has 2 N–H and O–H groups in total. The van der Waals surface area contributed by atoms with Gasteiger partial charge in [0.05, 0.1) is 6.04 Å². The fraction of sp³-hybridized carbons (Fsp3) is 0.308. The van der Waals surface area contributed by atoms with Gasteiger partial charge in [-0.1, -0.05) is 6.07 Å². The second-order valence-corrected chi connectivity index (χ2v) is 5.55. The molecule has 0 aliphatic carbocycles. The number of amides is 1. The van der Waals surface area contributed by atoms with Gasteiger partial charge in [0.2, 0.25) is 18.2 Å². The standard InChI is InChI=1S/C13H14N4O2S/c18-12(11-7-20-5-4-14-11)16-10-3-1-2-9(6-10)13-17-15-8-19-13/h1-3,6,8,11,14H,4-5,7H2,(H,16,18). The molecule has 0 bridgehead atoms. The Kier molecular flexibility index (Phi) is 3.98. The van der Waals surface area contributed by atoms with Gasteiger partial charge in [-0.15, -0.1) is 10.2 Å². The molecule has 104 valence electrons. The molecule has 1 aromatic carbocycles. The van der Waals surface area contributed by atoms with Crippen molar-refractivity contribution in [1.29, 1.82) is 0 Å². The Balaban J connectivity index is 1.71. The van der Waals surface area contributed by atoms with Crippen molar-refractivity contribution in [2.24, 2.45) is 0 Å². The van der Waals surface area contributed by atoms with E-state index in [1.807, 2.05) is 24.3 Å². The summed E-state index contributed by atoms with van der Waals surface area (Å²) in [6.45, 7) is 0.866. The Morgan fingerprint density at radius 3 is 3.20 bits per heavy atom. The molecule has 1 aliphatic rings. The highest BCUT2D eigenvalue weighted by Crippen LogP contribution is 2.20. The molecule has 20 heavy (non-hydrogen) atoms. The summed E-state index contributed by atoms with van der Waals surface area (Å²) in [5.41, 5.74) is 1.51. The lowest BCUT2D eigenvalue weighted by atomic mass is 10.2. The summed E-state index contributed by atoms with van der Waals surface area (Å²) in [7, 11) is 0. The van der Waals surface area contributed by atoms with Crippen LogP contribution in [-0.2, 0) is 4.79 Å². The van der Waals surface area contributed by atoms with Crippen LogP contribution >= 0.6 is 11.8 Å². The van der Waals surface area contributed by atoms with Crippen LogP contribution in [-0.4, -0.2) is 40.2 Å². The molecule has 3 rings (SSSR count). The molecule has 2 heterocycles. The molecule has 1 fully saturated rings. The fourth-order valence-electron chi connectivity index (χ4n) is 1.99. The van der Waals surface area contributed by atoms with Crippen molar-refractivity contribution >= 4 is 23.4 Å². The Hall–Kier alpha value is -1.86. The van der Waals surface area contributed by atoms with Crippen LogP contribution in [0, 0.1) is 0 Å². The number of thioether (sulfide) groups is 1. The third-order valence-electron chi connectivity index (χ3n) is 2.98. The van der Waals surface area contributed by atoms with Gasteiger partial charge in [-0.2, -0.15) is 11.8 Å². The summed E-state index contributed by atoms with van der Waals surface area (Å²) in [5, 5.41) is 13.6. The third-order valence-corrected chi connectivity index (χ3v) is 4.04. The van der Waals surface area contributed by atoms with Gasteiger partial charge in [0, 0.05) is 29.3 Å². The van der Waals surface area contributed by atoms with E-state index in [0.29, 0.717) is 5.89 Å². The van der Waals surface area contributed by atoms with Gasteiger partial charge in [-0.05, 0) is 18.2 Å². The average Bonchev–Trinajstić information content (AvgIpc) is 3.03. The summed E-state index contributed by atoms with van der Waals surface area (Å²) >= 11 is 1.79. The van der Waals surface area contributed by atoms with Crippen LogP contribution in [0.15, 0.2) is 35.1 Å². The van der Waals surface area contributed by atoms with Crippen LogP contribution < -0.4 is 10.6 Å². The normalized spacial score (nSPS) is 18.7. The number of aromatic nitrogens is 2. The quantitative estimate of drug-likeness (QED) is 0.889. The zero-order chi connectivity index (χ0) is 13.8.